The van der Waals surface area contributed by atoms with Gasteiger partial charge in [0.05, 0.1) is 0 Å². The zero-order valence-corrected chi connectivity index (χ0v) is 29.8. The number of rotatable bonds is 0. The average Bonchev–Trinajstić information content (AvgIpc) is 3.25. The van der Waals surface area contributed by atoms with E-state index in [0.717, 1.165) is 64.6 Å². The number of carbonyl (C=O) groups is 6. The molecule has 10 aromatic carbocycles. The van der Waals surface area contributed by atoms with E-state index < -0.39 is 23.6 Å². The minimum absolute atomic E-state index is 0. The van der Waals surface area contributed by atoms with Gasteiger partial charge in [-0.2, -0.15) is 0 Å². The average molecular weight is 753 g/mol. The van der Waals surface area contributed by atoms with E-state index in [4.69, 9.17) is 9.39 Å². The maximum atomic E-state index is 12.7. The lowest BCUT2D eigenvalue weighted by Gasteiger charge is -2.27. The molecular formula is C48H26BN3O6. The molecule has 13 rings (SSSR count). The van der Waals surface area contributed by atoms with Crippen LogP contribution in [0.15, 0.2) is 109 Å². The summed E-state index contributed by atoms with van der Waals surface area (Å²) in [6, 6.07) is 34.2. The van der Waals surface area contributed by atoms with E-state index in [0.29, 0.717) is 54.3 Å². The van der Waals surface area contributed by atoms with Crippen LogP contribution in [0.2, 0.25) is 1.41 Å². The molecule has 9 nitrogen and oxygen atoms in total. The highest BCUT2D eigenvalue weighted by atomic mass is 16.2. The molecule has 3 heterocycles. The molecule has 272 valence electrons. The molecule has 0 saturated carbocycles. The van der Waals surface area contributed by atoms with Crippen LogP contribution in [-0.2, 0) is 0 Å². The summed E-state index contributed by atoms with van der Waals surface area (Å²) in [5.41, 5.74) is 2.52. The van der Waals surface area contributed by atoms with Gasteiger partial charge in [0.2, 0.25) is 19.8 Å². The first-order valence-corrected chi connectivity index (χ1v) is 18.2. The fraction of sp³-hybridized carbons (Fsp3) is 0.0417. The number of hydrogen-bond donors (Lipinski definition) is 1. The van der Waals surface area contributed by atoms with Crippen molar-refractivity contribution in [3.8, 4) is 0 Å². The van der Waals surface area contributed by atoms with E-state index in [1.54, 1.807) is 43.4 Å². The molecule has 0 fully saturated rings. The lowest BCUT2D eigenvalue weighted by atomic mass is 9.82. The van der Waals surface area contributed by atoms with Gasteiger partial charge >= 0.3 is 0 Å². The standard InChI is InChI=1S/C24H9BN2O4.C23H13NO2.CH4/c25-27-23(30)15-7-3-11-9-1-5-13-19-14(22(29)26-21(13)28)6-2-10(17(9)19)12-4-8-16(24(27)31)20(15)18(11)12;1-24-22(25)17-10-8-15-13-6-2-4-12-5-3-7-14(19(12)13)16-9-11-18(23(24)26)21(17)20(15)16;/h1-8H,(H,26,28,29);2-11H,1H3;1H4/i/hD. The summed E-state index contributed by atoms with van der Waals surface area (Å²) in [7, 11) is 7.26. The normalized spacial score (nSPS) is 15.3. The molecule has 3 aliphatic heterocycles. The van der Waals surface area contributed by atoms with E-state index >= 15 is 0 Å². The Morgan fingerprint density at radius 3 is 1.10 bits per heavy atom. The predicted octanol–water partition coefficient (Wildman–Crippen LogP) is 8.90. The quantitative estimate of drug-likeness (QED) is 0.0715. The fourth-order valence-corrected chi connectivity index (χ4v) is 9.71. The summed E-state index contributed by atoms with van der Waals surface area (Å²) < 4.78 is 7.84. The topological polar surface area (TPSA) is 121 Å². The third kappa shape index (κ3) is 3.90. The van der Waals surface area contributed by atoms with Gasteiger partial charge in [-0.05, 0) is 106 Å². The molecule has 0 bridgehead atoms. The molecule has 6 amide bonds. The Morgan fingerprint density at radius 2 is 0.724 bits per heavy atom. The Hall–Kier alpha value is -7.72. The van der Waals surface area contributed by atoms with Gasteiger partial charge in [0.25, 0.3) is 23.6 Å². The van der Waals surface area contributed by atoms with E-state index in [-0.39, 0.29) is 19.2 Å². The van der Waals surface area contributed by atoms with Crippen molar-refractivity contribution in [1.82, 2.24) is 15.0 Å². The summed E-state index contributed by atoms with van der Waals surface area (Å²) >= 11 is 0. The molecule has 0 saturated heterocycles. The van der Waals surface area contributed by atoms with Crippen molar-refractivity contribution in [2.45, 2.75) is 7.43 Å². The van der Waals surface area contributed by atoms with Crippen molar-refractivity contribution in [3.05, 3.63) is 143 Å². The largest absolute Gasteiger partial charge is 0.332 e. The van der Waals surface area contributed by atoms with Gasteiger partial charge < -0.3 is 4.81 Å². The van der Waals surface area contributed by atoms with Gasteiger partial charge in [-0.25, -0.2) is 0 Å². The first-order valence-electron chi connectivity index (χ1n) is 18.7. The predicted molar refractivity (Wildman–Crippen MR) is 227 cm³/mol. The first-order chi connectivity index (χ1) is 28.1. The van der Waals surface area contributed by atoms with Crippen LogP contribution in [0.5, 0.6) is 0 Å². The highest BCUT2D eigenvalue weighted by molar-refractivity contribution is 6.44. The molecule has 0 spiro atoms. The maximum Gasteiger partial charge on any atom is 0.261 e. The third-order valence-corrected chi connectivity index (χ3v) is 12.2. The summed E-state index contributed by atoms with van der Waals surface area (Å²) in [5.74, 6) is -2.92. The van der Waals surface area contributed by atoms with Crippen LogP contribution in [0.3, 0.4) is 0 Å². The van der Waals surface area contributed by atoms with Crippen LogP contribution in [0.4, 0.5) is 0 Å². The van der Waals surface area contributed by atoms with Crippen molar-refractivity contribution >= 4 is 130 Å². The number of hydrogen-bond acceptors (Lipinski definition) is 6. The summed E-state index contributed by atoms with van der Waals surface area (Å²) in [4.78, 5) is 77.9. The van der Waals surface area contributed by atoms with E-state index in [2.05, 4.69) is 36.4 Å². The highest BCUT2D eigenvalue weighted by Gasteiger charge is 2.34. The van der Waals surface area contributed by atoms with Gasteiger partial charge in [-0.1, -0.05) is 80.2 Å². The zero-order valence-electron chi connectivity index (χ0n) is 30.8. The van der Waals surface area contributed by atoms with Gasteiger partial charge in [-0.3, -0.25) is 39.0 Å². The molecule has 58 heavy (non-hydrogen) atoms. The molecule has 0 aliphatic carbocycles. The third-order valence-electron chi connectivity index (χ3n) is 12.2. The summed E-state index contributed by atoms with van der Waals surface area (Å²) in [6.45, 7) is 0. The van der Waals surface area contributed by atoms with Crippen molar-refractivity contribution in [1.29, 1.82) is 0 Å². The molecule has 2 radical (unpaired) electrons. The molecular weight excluding hydrogens is 725 g/mol. The van der Waals surface area contributed by atoms with Crippen LogP contribution in [0.25, 0.3) is 86.2 Å². The fourth-order valence-electron chi connectivity index (χ4n) is 9.71. The van der Waals surface area contributed by atoms with Gasteiger partial charge in [0.1, 0.15) is 0 Å². The molecule has 1 N–H and O–H groups in total. The summed E-state index contributed by atoms with van der Waals surface area (Å²) in [5, 5.41) is 14.9. The van der Waals surface area contributed by atoms with Crippen LogP contribution in [-0.4, -0.2) is 60.2 Å². The minimum Gasteiger partial charge on any atom is -0.332 e. The molecule has 10 aromatic rings. The number of carbonyl (C=O) groups excluding carboxylic acids is 6. The zero-order chi connectivity index (χ0) is 39.6. The van der Waals surface area contributed by atoms with E-state index in [1.165, 1.54) is 15.7 Å². The first kappa shape index (κ1) is 32.5. The molecule has 0 aromatic heterocycles. The Morgan fingerprint density at radius 1 is 0.414 bits per heavy atom. The van der Waals surface area contributed by atoms with E-state index in [1.807, 2.05) is 36.4 Å². The smallest absolute Gasteiger partial charge is 0.261 e. The number of benzene rings is 10. The van der Waals surface area contributed by atoms with Gasteiger partial charge in [0.15, 0.2) is 1.41 Å². The second-order valence-electron chi connectivity index (χ2n) is 14.8. The van der Waals surface area contributed by atoms with Crippen molar-refractivity contribution in [3.63, 3.8) is 0 Å². The number of nitrogens with one attached hydrogen (secondary N) is 1. The number of fused-ring (bicyclic) bond motifs is 4. The lowest BCUT2D eigenvalue weighted by molar-refractivity contribution is 0.0647. The second kappa shape index (κ2) is 11.2. The van der Waals surface area contributed by atoms with Gasteiger partial charge in [0, 0.05) is 56.6 Å². The Bertz CT molecular complexity index is 3360. The van der Waals surface area contributed by atoms with Gasteiger partial charge in [-0.15, -0.1) is 0 Å². The number of amides is 6. The van der Waals surface area contributed by atoms with Crippen molar-refractivity contribution in [2.24, 2.45) is 0 Å². The number of nitrogens with zero attached hydrogens (tertiary/aromatic N) is 2. The van der Waals surface area contributed by atoms with Crippen LogP contribution >= 0.6 is 0 Å². The molecule has 10 heteroatoms. The second-order valence-corrected chi connectivity index (χ2v) is 14.8. The maximum absolute atomic E-state index is 12.7. The molecule has 0 unspecified atom stereocenters. The van der Waals surface area contributed by atoms with E-state index in [9.17, 15) is 28.8 Å². The van der Waals surface area contributed by atoms with Crippen molar-refractivity contribution in [2.75, 3.05) is 7.05 Å². The monoisotopic (exact) mass is 752 g/mol. The Labute approximate surface area is 330 Å². The minimum atomic E-state index is -0.665. The Kier molecular flexibility index (Phi) is 6.28. The number of imide groups is 3. The SMILES string of the molecule is C.CN1C(=O)c2ccc3c4cccc5cccc(c6ccc(c2c36)C1=O)c54.[2H]N1C(=O)c2ccc3c4ccc5c6c(ccc(c7ccc(c2c37)C1=O)c64)C(=O)N([B])C5=O. The molecule has 0 atom stereocenters. The molecule has 3 aliphatic rings. The lowest BCUT2D eigenvalue weighted by Crippen LogP contribution is -2.38. The van der Waals surface area contributed by atoms with Crippen LogP contribution in [0.1, 0.15) is 69.6 Å². The Balaban J connectivity index is 0.000000135. The summed E-state index contributed by atoms with van der Waals surface area (Å²) in [6.07, 6.45) is 0. The van der Waals surface area contributed by atoms with Crippen molar-refractivity contribution < 1.29 is 30.2 Å². The van der Waals surface area contributed by atoms with Crippen LogP contribution < -0.4 is 5.31 Å². The highest BCUT2D eigenvalue weighted by Crippen LogP contribution is 2.46. The van der Waals surface area contributed by atoms with Crippen LogP contribution in [0, 0.1) is 0 Å².